The summed E-state index contributed by atoms with van der Waals surface area (Å²) < 4.78 is 40.5. The Kier molecular flexibility index (Phi) is 4.81. The molecule has 3 aromatic rings. The fraction of sp³-hybridized carbons (Fsp3) is 0.421. The molecule has 29 heavy (non-hydrogen) atoms. The maximum atomic E-state index is 12.9. The zero-order valence-corrected chi connectivity index (χ0v) is 16.0. The Morgan fingerprint density at radius 1 is 1.21 bits per heavy atom. The maximum absolute atomic E-state index is 12.9. The van der Waals surface area contributed by atoms with E-state index < -0.39 is 17.5 Å². The van der Waals surface area contributed by atoms with E-state index in [1.54, 1.807) is 6.07 Å². The smallest absolute Gasteiger partial charge is 0.418 e. The van der Waals surface area contributed by atoms with Gasteiger partial charge in [0.1, 0.15) is 17.1 Å². The molecule has 7 nitrogen and oxygen atoms in total. The number of rotatable bonds is 3. The summed E-state index contributed by atoms with van der Waals surface area (Å²) in [5, 5.41) is 22.7. The van der Waals surface area contributed by atoms with Crippen molar-refractivity contribution in [3.05, 3.63) is 30.1 Å². The average molecular weight is 406 g/mol. The molecule has 0 aromatic carbocycles. The van der Waals surface area contributed by atoms with E-state index >= 15 is 0 Å². The minimum absolute atomic E-state index is 0.0364. The minimum Gasteiger partial charge on any atom is -0.506 e. The largest absolute Gasteiger partial charge is 0.506 e. The van der Waals surface area contributed by atoms with E-state index in [0.29, 0.717) is 23.5 Å². The standard InChI is InChI=1S/C19H21F3N6O/c1-27-6-3-4-12(10-27)24-18-17-13(5-7-28(17)2)15(25-26-18)16-14(29)8-11(9-23-16)19(20,21)22/h5,7-9,12,29H,3-4,6,10H2,1-2H3,(H,24,26)/t12-/m1/s1. The first kappa shape index (κ1) is 19.4. The maximum Gasteiger partial charge on any atom is 0.418 e. The van der Waals surface area contributed by atoms with Gasteiger partial charge in [-0.2, -0.15) is 13.2 Å². The van der Waals surface area contributed by atoms with Crippen molar-refractivity contribution >= 4 is 16.7 Å². The number of halogens is 3. The van der Waals surface area contributed by atoms with Crippen LogP contribution in [0.5, 0.6) is 5.75 Å². The van der Waals surface area contributed by atoms with E-state index in [2.05, 4.69) is 32.4 Å². The number of nitrogens with one attached hydrogen (secondary N) is 1. The zero-order valence-electron chi connectivity index (χ0n) is 16.0. The molecule has 0 bridgehead atoms. The van der Waals surface area contributed by atoms with E-state index in [-0.39, 0.29) is 17.4 Å². The molecular formula is C19H21F3N6O. The van der Waals surface area contributed by atoms with Crippen LogP contribution in [-0.2, 0) is 13.2 Å². The molecule has 0 aliphatic carbocycles. The topological polar surface area (TPSA) is 79.1 Å². The number of aryl methyl sites for hydroxylation is 1. The second kappa shape index (κ2) is 7.18. The van der Waals surface area contributed by atoms with Crippen LogP contribution in [0.3, 0.4) is 0 Å². The van der Waals surface area contributed by atoms with Gasteiger partial charge in [-0.15, -0.1) is 10.2 Å². The van der Waals surface area contributed by atoms with Crippen LogP contribution in [0.2, 0.25) is 0 Å². The third-order valence-corrected chi connectivity index (χ3v) is 5.19. The summed E-state index contributed by atoms with van der Waals surface area (Å²) in [4.78, 5) is 6.07. The Labute approximate surface area is 165 Å². The molecule has 4 rings (SSSR count). The van der Waals surface area contributed by atoms with Crippen LogP contribution in [0, 0.1) is 0 Å². The molecule has 3 aromatic heterocycles. The molecule has 0 spiro atoms. The highest BCUT2D eigenvalue weighted by Gasteiger charge is 2.32. The van der Waals surface area contributed by atoms with Crippen LogP contribution in [0.4, 0.5) is 19.0 Å². The van der Waals surface area contributed by atoms with Crippen LogP contribution in [0.25, 0.3) is 22.3 Å². The van der Waals surface area contributed by atoms with Gasteiger partial charge >= 0.3 is 6.18 Å². The van der Waals surface area contributed by atoms with Gasteiger partial charge in [-0.1, -0.05) is 0 Å². The number of fused-ring (bicyclic) bond motifs is 1. The number of nitrogens with zero attached hydrogens (tertiary/aromatic N) is 5. The number of piperidine rings is 1. The number of alkyl halides is 3. The van der Waals surface area contributed by atoms with Crippen molar-refractivity contribution in [2.75, 3.05) is 25.5 Å². The molecule has 154 valence electrons. The van der Waals surface area contributed by atoms with Crippen molar-refractivity contribution in [2.24, 2.45) is 7.05 Å². The van der Waals surface area contributed by atoms with Crippen molar-refractivity contribution in [3.63, 3.8) is 0 Å². The highest BCUT2D eigenvalue weighted by molar-refractivity contribution is 5.98. The lowest BCUT2D eigenvalue weighted by atomic mass is 10.1. The van der Waals surface area contributed by atoms with Gasteiger partial charge in [0, 0.05) is 37.4 Å². The number of aromatic hydroxyl groups is 1. The van der Waals surface area contributed by atoms with Crippen molar-refractivity contribution in [1.29, 1.82) is 0 Å². The van der Waals surface area contributed by atoms with Crippen molar-refractivity contribution in [1.82, 2.24) is 24.6 Å². The van der Waals surface area contributed by atoms with E-state index in [0.717, 1.165) is 31.4 Å². The number of likely N-dealkylation sites (tertiary alicyclic amines) is 1. The van der Waals surface area contributed by atoms with Gasteiger partial charge in [-0.3, -0.25) is 0 Å². The quantitative estimate of drug-likeness (QED) is 0.695. The molecule has 4 heterocycles. The number of anilines is 1. The summed E-state index contributed by atoms with van der Waals surface area (Å²) in [6.07, 6.45) is 0.0181. The molecule has 0 saturated carbocycles. The first-order chi connectivity index (χ1) is 13.7. The Hall–Kier alpha value is -2.88. The Morgan fingerprint density at radius 3 is 2.69 bits per heavy atom. The van der Waals surface area contributed by atoms with Crippen molar-refractivity contribution < 1.29 is 18.3 Å². The Bertz CT molecular complexity index is 1050. The SMILES string of the molecule is CN1CCC[C@@H](Nc2nnc(-c3ncc(C(F)(F)F)cc3O)c3ccn(C)c23)C1. The highest BCUT2D eigenvalue weighted by atomic mass is 19.4. The molecule has 0 unspecified atom stereocenters. The molecule has 0 amide bonds. The van der Waals surface area contributed by atoms with E-state index in [1.807, 2.05) is 17.8 Å². The normalized spacial score (nSPS) is 18.3. The molecule has 1 saturated heterocycles. The first-order valence-corrected chi connectivity index (χ1v) is 9.27. The van der Waals surface area contributed by atoms with Gasteiger partial charge in [0.25, 0.3) is 0 Å². The number of hydrogen-bond donors (Lipinski definition) is 2. The second-order valence-corrected chi connectivity index (χ2v) is 7.42. The summed E-state index contributed by atoms with van der Waals surface area (Å²) in [5.74, 6) is 0.0110. The van der Waals surface area contributed by atoms with E-state index in [4.69, 9.17) is 0 Å². The molecule has 1 atom stereocenters. The molecule has 2 N–H and O–H groups in total. The lowest BCUT2D eigenvalue weighted by Gasteiger charge is -2.30. The third kappa shape index (κ3) is 3.71. The van der Waals surface area contributed by atoms with E-state index in [1.165, 1.54) is 0 Å². The zero-order chi connectivity index (χ0) is 20.8. The Balaban J connectivity index is 1.74. The number of likely N-dealkylation sites (N-methyl/N-ethyl adjacent to an activating group) is 1. The van der Waals surface area contributed by atoms with Gasteiger partial charge in [-0.05, 0) is 38.6 Å². The predicted molar refractivity (Wildman–Crippen MR) is 103 cm³/mol. The number of pyridine rings is 1. The van der Waals surface area contributed by atoms with Crippen molar-refractivity contribution in [2.45, 2.75) is 25.1 Å². The highest BCUT2D eigenvalue weighted by Crippen LogP contribution is 2.37. The summed E-state index contributed by atoms with van der Waals surface area (Å²) in [6, 6.07) is 2.67. The van der Waals surface area contributed by atoms with Gasteiger partial charge in [0.05, 0.1) is 11.1 Å². The second-order valence-electron chi connectivity index (χ2n) is 7.42. The van der Waals surface area contributed by atoms with Crippen LogP contribution in [0.15, 0.2) is 24.5 Å². The van der Waals surface area contributed by atoms with Crippen LogP contribution < -0.4 is 5.32 Å². The summed E-state index contributed by atoms with van der Waals surface area (Å²) in [6.45, 7) is 1.94. The average Bonchev–Trinajstić information content (AvgIpc) is 3.04. The monoisotopic (exact) mass is 406 g/mol. The fourth-order valence-corrected chi connectivity index (χ4v) is 3.76. The van der Waals surface area contributed by atoms with Gasteiger partial charge in [-0.25, -0.2) is 4.98 Å². The predicted octanol–water partition coefficient (Wildman–Crippen LogP) is 3.26. The molecule has 1 fully saturated rings. The molecule has 0 radical (unpaired) electrons. The van der Waals surface area contributed by atoms with Crippen LogP contribution in [0.1, 0.15) is 18.4 Å². The van der Waals surface area contributed by atoms with Crippen LogP contribution in [-0.4, -0.2) is 55.9 Å². The lowest BCUT2D eigenvalue weighted by Crippen LogP contribution is -2.40. The van der Waals surface area contributed by atoms with Crippen molar-refractivity contribution in [3.8, 4) is 17.1 Å². The lowest BCUT2D eigenvalue weighted by molar-refractivity contribution is -0.137. The van der Waals surface area contributed by atoms with Gasteiger partial charge in [0.2, 0.25) is 0 Å². The Morgan fingerprint density at radius 2 is 2.00 bits per heavy atom. The first-order valence-electron chi connectivity index (χ1n) is 9.27. The molecule has 10 heteroatoms. The third-order valence-electron chi connectivity index (χ3n) is 5.19. The minimum atomic E-state index is -4.59. The summed E-state index contributed by atoms with van der Waals surface area (Å²) in [7, 11) is 3.92. The molecular weight excluding hydrogens is 385 g/mol. The summed E-state index contributed by atoms with van der Waals surface area (Å²) in [5.41, 5.74) is -0.0659. The summed E-state index contributed by atoms with van der Waals surface area (Å²) >= 11 is 0. The number of hydrogen-bond acceptors (Lipinski definition) is 6. The number of aromatic nitrogens is 4. The van der Waals surface area contributed by atoms with E-state index in [9.17, 15) is 18.3 Å². The fourth-order valence-electron chi connectivity index (χ4n) is 3.76. The van der Waals surface area contributed by atoms with Gasteiger partial charge in [0.15, 0.2) is 5.82 Å². The van der Waals surface area contributed by atoms with Crippen LogP contribution >= 0.6 is 0 Å². The molecule has 1 aliphatic heterocycles. The van der Waals surface area contributed by atoms with Gasteiger partial charge < -0.3 is 19.9 Å². The molecule has 1 aliphatic rings.